The Bertz CT molecular complexity index is 998. The molecular weight excluding hydrogens is 473 g/mol. The number of hydrogen-bond acceptors (Lipinski definition) is 7. The summed E-state index contributed by atoms with van der Waals surface area (Å²) >= 11 is 8.11. The van der Waals surface area contributed by atoms with E-state index in [1.54, 1.807) is 0 Å². The fourth-order valence-electron chi connectivity index (χ4n) is 2.33. The van der Waals surface area contributed by atoms with Gasteiger partial charge in [-0.25, -0.2) is 8.42 Å². The molecule has 0 aliphatic heterocycles. The molecule has 0 bridgehead atoms. The Labute approximate surface area is 178 Å². The Morgan fingerprint density at radius 3 is 2.59 bits per heavy atom. The van der Waals surface area contributed by atoms with Gasteiger partial charge in [-0.05, 0) is 30.9 Å². The maximum absolute atomic E-state index is 13.2. The smallest absolute Gasteiger partial charge is 0.299 e. The number of sulfonamides is 1. The van der Waals surface area contributed by atoms with Crippen LogP contribution in [0.4, 0.5) is 24.0 Å². The fraction of sp³-hybridized carbons (Fsp3) is 0.400. The Balaban J connectivity index is 2.36. The molecule has 1 aromatic carbocycles. The number of amides is 1. The highest BCUT2D eigenvalue weighted by Gasteiger charge is 2.36. The highest BCUT2D eigenvalue weighted by molar-refractivity contribution is 8.01. The summed E-state index contributed by atoms with van der Waals surface area (Å²) in [5.41, 5.74) is -1.55. The van der Waals surface area contributed by atoms with E-state index >= 15 is 0 Å². The van der Waals surface area contributed by atoms with Crippen LogP contribution in [-0.2, 0) is 21.0 Å². The first kappa shape index (κ1) is 23.7. The lowest BCUT2D eigenvalue weighted by Crippen LogP contribution is -2.45. The van der Waals surface area contributed by atoms with Crippen molar-refractivity contribution in [2.45, 2.75) is 30.4 Å². The van der Waals surface area contributed by atoms with Crippen molar-refractivity contribution in [1.82, 2.24) is 10.2 Å². The molecule has 0 fully saturated rings. The third kappa shape index (κ3) is 5.96. The van der Waals surface area contributed by atoms with Gasteiger partial charge in [0, 0.05) is 0 Å². The molecule has 14 heteroatoms. The summed E-state index contributed by atoms with van der Waals surface area (Å²) in [7, 11) is -4.11. The number of carbonyl (C=O) groups is 1. The number of nitrogens with zero attached hydrogens (tertiary/aromatic N) is 3. The van der Waals surface area contributed by atoms with E-state index in [0.717, 1.165) is 35.5 Å². The summed E-state index contributed by atoms with van der Waals surface area (Å²) in [5.74, 6) is -0.0259. The maximum Gasteiger partial charge on any atom is 0.417 e. The van der Waals surface area contributed by atoms with Crippen molar-refractivity contribution in [3.05, 3.63) is 28.8 Å². The standard InChI is InChI=1S/C15H16ClF3N4O3S3/c1-4-27-14-22-21-13(28-14)20-12(24)8(2)23(29(3,25)26)9-5-6-11(16)10(7-9)15(17,18)19/h5-8H,4H2,1-3H3,(H,20,21,24). The van der Waals surface area contributed by atoms with Gasteiger partial charge in [-0.1, -0.05) is 41.6 Å². The first-order valence-electron chi connectivity index (χ1n) is 7.98. The van der Waals surface area contributed by atoms with Gasteiger partial charge in [0.2, 0.25) is 21.1 Å². The van der Waals surface area contributed by atoms with E-state index in [2.05, 4.69) is 15.5 Å². The van der Waals surface area contributed by atoms with Gasteiger partial charge < -0.3 is 0 Å². The van der Waals surface area contributed by atoms with E-state index in [9.17, 15) is 26.4 Å². The molecule has 7 nitrogen and oxygen atoms in total. The minimum absolute atomic E-state index is 0.151. The molecule has 0 spiro atoms. The normalized spacial score (nSPS) is 13.2. The Kier molecular flexibility index (Phi) is 7.41. The van der Waals surface area contributed by atoms with Crippen LogP contribution in [0.3, 0.4) is 0 Å². The van der Waals surface area contributed by atoms with Crippen LogP contribution in [0.15, 0.2) is 22.5 Å². The molecule has 1 aromatic heterocycles. The molecule has 0 aliphatic rings. The predicted molar refractivity (Wildman–Crippen MR) is 108 cm³/mol. The van der Waals surface area contributed by atoms with Crippen molar-refractivity contribution >= 4 is 61.4 Å². The molecule has 29 heavy (non-hydrogen) atoms. The Morgan fingerprint density at radius 2 is 2.03 bits per heavy atom. The third-order valence-corrected chi connectivity index (χ3v) is 6.93. The second-order valence-corrected chi connectivity index (χ2v) is 10.4. The average molecular weight is 489 g/mol. The van der Waals surface area contributed by atoms with E-state index in [4.69, 9.17) is 11.6 Å². The van der Waals surface area contributed by atoms with Gasteiger partial charge in [0.25, 0.3) is 0 Å². The molecule has 1 unspecified atom stereocenters. The first-order chi connectivity index (χ1) is 13.3. The van der Waals surface area contributed by atoms with Crippen LogP contribution in [0.5, 0.6) is 0 Å². The number of hydrogen-bond donors (Lipinski definition) is 1. The number of carbonyl (C=O) groups excluding carboxylic acids is 1. The number of nitrogens with one attached hydrogen (secondary N) is 1. The molecule has 1 N–H and O–H groups in total. The van der Waals surface area contributed by atoms with Gasteiger partial charge in [-0.3, -0.25) is 14.4 Å². The van der Waals surface area contributed by atoms with E-state index in [1.165, 1.54) is 18.7 Å². The van der Waals surface area contributed by atoms with Crippen LogP contribution in [-0.4, -0.2) is 42.6 Å². The quantitative estimate of drug-likeness (QED) is 0.465. The molecule has 1 heterocycles. The second-order valence-electron chi connectivity index (χ2n) is 5.69. The first-order valence-corrected chi connectivity index (χ1v) is 12.0. The van der Waals surface area contributed by atoms with Crippen molar-refractivity contribution < 1.29 is 26.4 Å². The molecule has 2 rings (SSSR count). The van der Waals surface area contributed by atoms with Crippen LogP contribution in [0, 0.1) is 0 Å². The third-order valence-electron chi connectivity index (χ3n) is 3.50. The lowest BCUT2D eigenvalue weighted by Gasteiger charge is -2.28. The SMILES string of the molecule is CCSc1nnc(NC(=O)C(C)N(c2ccc(Cl)c(C(F)(F)F)c2)S(C)(=O)=O)s1. The highest BCUT2D eigenvalue weighted by Crippen LogP contribution is 2.38. The van der Waals surface area contributed by atoms with Crippen LogP contribution >= 0.6 is 34.7 Å². The van der Waals surface area contributed by atoms with Crippen LogP contribution in [0.25, 0.3) is 0 Å². The summed E-state index contributed by atoms with van der Waals surface area (Å²) in [6, 6.07) is 1.26. The van der Waals surface area contributed by atoms with Gasteiger partial charge in [0.05, 0.1) is 22.5 Å². The van der Waals surface area contributed by atoms with Crippen molar-refractivity contribution in [2.75, 3.05) is 21.6 Å². The lowest BCUT2D eigenvalue weighted by molar-refractivity contribution is -0.137. The Hall–Kier alpha value is -1.57. The molecule has 0 saturated heterocycles. The number of aromatic nitrogens is 2. The minimum atomic E-state index is -4.79. The molecule has 1 amide bonds. The van der Waals surface area contributed by atoms with E-state index in [-0.39, 0.29) is 10.8 Å². The summed E-state index contributed by atoms with van der Waals surface area (Å²) < 4.78 is 65.2. The number of benzene rings is 1. The minimum Gasteiger partial charge on any atom is -0.299 e. The zero-order valence-corrected chi connectivity index (χ0v) is 18.5. The van der Waals surface area contributed by atoms with E-state index in [1.807, 2.05) is 6.92 Å². The van der Waals surface area contributed by atoms with Gasteiger partial charge in [0.15, 0.2) is 4.34 Å². The van der Waals surface area contributed by atoms with Crippen molar-refractivity contribution in [3.63, 3.8) is 0 Å². The molecule has 0 aliphatic carbocycles. The van der Waals surface area contributed by atoms with Gasteiger partial charge in [-0.15, -0.1) is 10.2 Å². The number of rotatable bonds is 7. The van der Waals surface area contributed by atoms with Crippen molar-refractivity contribution in [2.24, 2.45) is 0 Å². The van der Waals surface area contributed by atoms with Crippen LogP contribution in [0.1, 0.15) is 19.4 Å². The van der Waals surface area contributed by atoms with Gasteiger partial charge in [-0.2, -0.15) is 13.2 Å². The number of alkyl halides is 3. The molecule has 2 aromatic rings. The van der Waals surface area contributed by atoms with E-state index in [0.29, 0.717) is 14.7 Å². The van der Waals surface area contributed by atoms with Crippen LogP contribution in [0.2, 0.25) is 5.02 Å². The lowest BCUT2D eigenvalue weighted by atomic mass is 10.1. The molecule has 1 atom stereocenters. The monoisotopic (exact) mass is 488 g/mol. The number of halogens is 4. The molecule has 0 radical (unpaired) electrons. The summed E-state index contributed by atoms with van der Waals surface area (Å²) in [4.78, 5) is 12.6. The topological polar surface area (TPSA) is 92.3 Å². The largest absolute Gasteiger partial charge is 0.417 e. The number of thioether (sulfide) groups is 1. The second kappa shape index (κ2) is 9.06. The molecule has 160 valence electrons. The van der Waals surface area contributed by atoms with Crippen LogP contribution < -0.4 is 9.62 Å². The highest BCUT2D eigenvalue weighted by atomic mass is 35.5. The van der Waals surface area contributed by atoms with Crippen molar-refractivity contribution in [1.29, 1.82) is 0 Å². The van der Waals surface area contributed by atoms with Gasteiger partial charge >= 0.3 is 6.18 Å². The van der Waals surface area contributed by atoms with Crippen molar-refractivity contribution in [3.8, 4) is 0 Å². The molecular formula is C15H16ClF3N4O3S3. The Morgan fingerprint density at radius 1 is 1.38 bits per heavy atom. The van der Waals surface area contributed by atoms with E-state index < -0.39 is 38.7 Å². The summed E-state index contributed by atoms with van der Waals surface area (Å²) in [5, 5.41) is 9.66. The average Bonchev–Trinajstić information content (AvgIpc) is 3.01. The summed E-state index contributed by atoms with van der Waals surface area (Å²) in [6.07, 6.45) is -4.00. The fourth-order valence-corrected chi connectivity index (χ4v) is 5.37. The molecule has 0 saturated carbocycles. The zero-order valence-electron chi connectivity index (χ0n) is 15.3. The predicted octanol–water partition coefficient (Wildman–Crippen LogP) is 4.12. The zero-order chi connectivity index (χ0) is 22.0. The summed E-state index contributed by atoms with van der Waals surface area (Å²) in [6.45, 7) is 3.17. The maximum atomic E-state index is 13.2. The van der Waals surface area contributed by atoms with Gasteiger partial charge in [0.1, 0.15) is 6.04 Å². The number of anilines is 2.